The number of carbonyl (C=O) groups excluding carboxylic acids is 1. The van der Waals surface area contributed by atoms with Gasteiger partial charge in [0.05, 0.1) is 6.04 Å². The smallest absolute Gasteiger partial charge is 0.237 e. The maximum atomic E-state index is 12.4. The van der Waals surface area contributed by atoms with Crippen LogP contribution in [0.2, 0.25) is 0 Å². The molecule has 1 spiro atoms. The number of hydrogen-bond acceptors (Lipinski definition) is 3. The molecule has 4 nitrogen and oxygen atoms in total. The number of aryl methyl sites for hydroxylation is 1. The highest BCUT2D eigenvalue weighted by Crippen LogP contribution is 2.37. The van der Waals surface area contributed by atoms with E-state index in [0.29, 0.717) is 0 Å². The van der Waals surface area contributed by atoms with Gasteiger partial charge >= 0.3 is 0 Å². The van der Waals surface area contributed by atoms with Gasteiger partial charge in [0.2, 0.25) is 5.91 Å². The van der Waals surface area contributed by atoms with Crippen molar-refractivity contribution in [3.63, 3.8) is 0 Å². The molecular formula is C20H30N2O2. The molecule has 0 bridgehead atoms. The molecule has 2 saturated heterocycles. The summed E-state index contributed by atoms with van der Waals surface area (Å²) in [5.41, 5.74) is 2.68. The summed E-state index contributed by atoms with van der Waals surface area (Å²) < 4.78 is 5.51. The first kappa shape index (κ1) is 17.4. The molecule has 1 amide bonds. The van der Waals surface area contributed by atoms with Crippen LogP contribution in [0.3, 0.4) is 0 Å². The van der Waals surface area contributed by atoms with E-state index < -0.39 is 0 Å². The van der Waals surface area contributed by atoms with Crippen LogP contribution in [0.15, 0.2) is 24.3 Å². The minimum Gasteiger partial charge on any atom is -0.381 e. The molecule has 2 aliphatic heterocycles. The van der Waals surface area contributed by atoms with E-state index in [1.54, 1.807) is 0 Å². The predicted molar refractivity (Wildman–Crippen MR) is 96.1 cm³/mol. The molecule has 1 unspecified atom stereocenters. The molecular weight excluding hydrogens is 300 g/mol. The van der Waals surface area contributed by atoms with Crippen molar-refractivity contribution >= 4 is 5.91 Å². The van der Waals surface area contributed by atoms with E-state index in [2.05, 4.69) is 55.7 Å². The first-order valence-corrected chi connectivity index (χ1v) is 9.15. The van der Waals surface area contributed by atoms with Gasteiger partial charge < -0.3 is 15.4 Å². The lowest BCUT2D eigenvalue weighted by Crippen LogP contribution is -2.52. The van der Waals surface area contributed by atoms with Gasteiger partial charge in [0, 0.05) is 37.1 Å². The van der Waals surface area contributed by atoms with Crippen LogP contribution in [0.4, 0.5) is 0 Å². The molecule has 3 rings (SSSR count). The average molecular weight is 330 g/mol. The molecule has 0 saturated carbocycles. The van der Waals surface area contributed by atoms with Crippen molar-refractivity contribution in [3.05, 3.63) is 35.4 Å². The van der Waals surface area contributed by atoms with Crippen LogP contribution < -0.4 is 10.6 Å². The van der Waals surface area contributed by atoms with E-state index in [1.165, 1.54) is 11.1 Å². The van der Waals surface area contributed by atoms with Crippen LogP contribution in [-0.2, 0) is 21.4 Å². The summed E-state index contributed by atoms with van der Waals surface area (Å²) in [6, 6.07) is 8.76. The minimum atomic E-state index is -0.101. The SMILES string of the molecule is CCc1ccc(C(C)(C)CNC2C(=O)NCC23CCOCC3)cc1. The summed E-state index contributed by atoms with van der Waals surface area (Å²) in [7, 11) is 0. The number of amides is 1. The van der Waals surface area contributed by atoms with Gasteiger partial charge in [0.15, 0.2) is 0 Å². The van der Waals surface area contributed by atoms with Gasteiger partial charge in [-0.15, -0.1) is 0 Å². The Morgan fingerprint density at radius 3 is 2.54 bits per heavy atom. The molecule has 1 aromatic carbocycles. The van der Waals surface area contributed by atoms with E-state index in [9.17, 15) is 4.79 Å². The van der Waals surface area contributed by atoms with Gasteiger partial charge in [-0.2, -0.15) is 0 Å². The number of ether oxygens (including phenoxy) is 1. The third-order valence-corrected chi connectivity index (χ3v) is 5.87. The fourth-order valence-electron chi connectivity index (χ4n) is 3.95. The monoisotopic (exact) mass is 330 g/mol. The maximum Gasteiger partial charge on any atom is 0.237 e. The first-order valence-electron chi connectivity index (χ1n) is 9.15. The second kappa shape index (κ2) is 6.85. The highest BCUT2D eigenvalue weighted by Gasteiger charge is 2.49. The van der Waals surface area contributed by atoms with E-state index in [-0.39, 0.29) is 22.8 Å². The lowest BCUT2D eigenvalue weighted by molar-refractivity contribution is -0.122. The fourth-order valence-corrected chi connectivity index (χ4v) is 3.95. The molecule has 2 N–H and O–H groups in total. The fraction of sp³-hybridized carbons (Fsp3) is 0.650. The quantitative estimate of drug-likeness (QED) is 0.872. The van der Waals surface area contributed by atoms with Crippen molar-refractivity contribution in [1.29, 1.82) is 0 Å². The van der Waals surface area contributed by atoms with Gasteiger partial charge in [0.25, 0.3) is 0 Å². The molecule has 2 heterocycles. The highest BCUT2D eigenvalue weighted by molar-refractivity contribution is 5.85. The van der Waals surface area contributed by atoms with Crippen LogP contribution in [0.5, 0.6) is 0 Å². The highest BCUT2D eigenvalue weighted by atomic mass is 16.5. The molecule has 132 valence electrons. The van der Waals surface area contributed by atoms with Crippen molar-refractivity contribution in [2.24, 2.45) is 5.41 Å². The van der Waals surface area contributed by atoms with Gasteiger partial charge in [0.1, 0.15) is 0 Å². The summed E-state index contributed by atoms with van der Waals surface area (Å²) in [6.45, 7) is 9.74. The molecule has 1 atom stereocenters. The zero-order chi connectivity index (χ0) is 17.2. The molecule has 0 aliphatic carbocycles. The summed E-state index contributed by atoms with van der Waals surface area (Å²) in [5.74, 6) is 0.147. The maximum absolute atomic E-state index is 12.4. The van der Waals surface area contributed by atoms with Crippen molar-refractivity contribution < 1.29 is 9.53 Å². The molecule has 2 fully saturated rings. The largest absolute Gasteiger partial charge is 0.381 e. The number of benzene rings is 1. The van der Waals surface area contributed by atoms with Crippen molar-refractivity contribution in [3.8, 4) is 0 Å². The Morgan fingerprint density at radius 1 is 1.25 bits per heavy atom. The first-order chi connectivity index (χ1) is 11.5. The standard InChI is InChI=1S/C20H30N2O2/c1-4-15-5-7-16(8-6-15)19(2,3)13-21-17-18(23)22-14-20(17)9-11-24-12-10-20/h5-8,17,21H,4,9-14H2,1-3H3,(H,22,23). The predicted octanol–water partition coefficient (Wildman–Crippen LogP) is 2.41. The molecule has 1 aromatic rings. The number of carbonyl (C=O) groups is 1. The zero-order valence-electron chi connectivity index (χ0n) is 15.2. The van der Waals surface area contributed by atoms with Crippen molar-refractivity contribution in [1.82, 2.24) is 10.6 Å². The third-order valence-electron chi connectivity index (χ3n) is 5.87. The zero-order valence-corrected chi connectivity index (χ0v) is 15.2. The van der Waals surface area contributed by atoms with Gasteiger partial charge in [-0.1, -0.05) is 45.0 Å². The molecule has 0 radical (unpaired) electrons. The Balaban J connectivity index is 1.69. The van der Waals surface area contributed by atoms with Crippen LogP contribution in [0.1, 0.15) is 44.7 Å². The normalized spacial score (nSPS) is 23.5. The summed E-state index contributed by atoms with van der Waals surface area (Å²) in [5, 5.41) is 6.66. The number of nitrogens with one attached hydrogen (secondary N) is 2. The van der Waals surface area contributed by atoms with Crippen LogP contribution in [0, 0.1) is 5.41 Å². The van der Waals surface area contributed by atoms with Crippen LogP contribution in [0.25, 0.3) is 0 Å². The molecule has 4 heteroatoms. The Labute approximate surface area is 145 Å². The van der Waals surface area contributed by atoms with E-state index in [0.717, 1.165) is 45.6 Å². The topological polar surface area (TPSA) is 50.4 Å². The minimum absolute atomic E-state index is 0.0124. The van der Waals surface area contributed by atoms with E-state index in [1.807, 2.05) is 0 Å². The summed E-state index contributed by atoms with van der Waals surface area (Å²) >= 11 is 0. The Morgan fingerprint density at radius 2 is 1.92 bits per heavy atom. The van der Waals surface area contributed by atoms with Gasteiger partial charge in [-0.3, -0.25) is 4.79 Å². The van der Waals surface area contributed by atoms with Gasteiger partial charge in [-0.05, 0) is 30.4 Å². The summed E-state index contributed by atoms with van der Waals surface area (Å²) in [6.07, 6.45) is 2.97. The third kappa shape index (κ3) is 3.35. The Bertz CT molecular complexity index is 574. The van der Waals surface area contributed by atoms with Crippen LogP contribution >= 0.6 is 0 Å². The molecule has 24 heavy (non-hydrogen) atoms. The number of hydrogen-bond donors (Lipinski definition) is 2. The van der Waals surface area contributed by atoms with E-state index >= 15 is 0 Å². The number of rotatable bonds is 5. The second-order valence-corrected chi connectivity index (χ2v) is 7.94. The van der Waals surface area contributed by atoms with E-state index in [4.69, 9.17) is 4.74 Å². The van der Waals surface area contributed by atoms with Crippen LogP contribution in [-0.4, -0.2) is 38.3 Å². The van der Waals surface area contributed by atoms with Crippen molar-refractivity contribution in [2.75, 3.05) is 26.3 Å². The van der Waals surface area contributed by atoms with Crippen molar-refractivity contribution in [2.45, 2.75) is 51.5 Å². The molecule has 2 aliphatic rings. The molecule has 0 aromatic heterocycles. The Kier molecular flexibility index (Phi) is 4.97. The Hall–Kier alpha value is -1.39. The average Bonchev–Trinajstić information content (AvgIpc) is 2.89. The lowest BCUT2D eigenvalue weighted by atomic mass is 9.75. The summed E-state index contributed by atoms with van der Waals surface area (Å²) in [4.78, 5) is 12.4. The van der Waals surface area contributed by atoms with Gasteiger partial charge in [-0.25, -0.2) is 0 Å². The lowest BCUT2D eigenvalue weighted by Gasteiger charge is -2.38. The second-order valence-electron chi connectivity index (χ2n) is 7.94.